The molecule has 2 aliphatic rings. The second-order valence-corrected chi connectivity index (χ2v) is 6.56. The molecule has 0 aromatic heterocycles. The van der Waals surface area contributed by atoms with Crippen molar-refractivity contribution in [1.82, 2.24) is 0 Å². The summed E-state index contributed by atoms with van der Waals surface area (Å²) >= 11 is 0. The second-order valence-electron chi connectivity index (χ2n) is 6.56. The largest absolute Gasteiger partial charge is 0.0617 e. The van der Waals surface area contributed by atoms with E-state index < -0.39 is 0 Å². The van der Waals surface area contributed by atoms with Crippen LogP contribution in [0, 0.1) is 28.6 Å². The Kier molecular flexibility index (Phi) is 2.25. The molecule has 2 aliphatic carbocycles. The molecule has 14 heavy (non-hydrogen) atoms. The van der Waals surface area contributed by atoms with Crippen LogP contribution < -0.4 is 0 Å². The van der Waals surface area contributed by atoms with Crippen molar-refractivity contribution in [2.24, 2.45) is 28.6 Å². The Morgan fingerprint density at radius 2 is 1.36 bits per heavy atom. The summed E-state index contributed by atoms with van der Waals surface area (Å²) in [6.07, 6.45) is 5.96. The smallest absolute Gasteiger partial charge is 0.0215 e. The van der Waals surface area contributed by atoms with Gasteiger partial charge in [-0.25, -0.2) is 0 Å². The van der Waals surface area contributed by atoms with Gasteiger partial charge < -0.3 is 0 Å². The summed E-state index contributed by atoms with van der Waals surface area (Å²) in [5.74, 6) is 2.86. The minimum Gasteiger partial charge on any atom is -0.0617 e. The molecular formula is C14H26. The maximum Gasteiger partial charge on any atom is -0.0215 e. The third kappa shape index (κ3) is 1.01. The monoisotopic (exact) mass is 194 g/mol. The van der Waals surface area contributed by atoms with Crippen LogP contribution in [0.2, 0.25) is 0 Å². The summed E-state index contributed by atoms with van der Waals surface area (Å²) in [5, 5.41) is 0. The first-order chi connectivity index (χ1) is 6.42. The molecule has 0 nitrogen and oxygen atoms in total. The van der Waals surface area contributed by atoms with Crippen LogP contribution in [0.1, 0.15) is 60.3 Å². The van der Waals surface area contributed by atoms with Gasteiger partial charge in [-0.3, -0.25) is 0 Å². The predicted molar refractivity (Wildman–Crippen MR) is 62.2 cm³/mol. The van der Waals surface area contributed by atoms with Gasteiger partial charge in [0.1, 0.15) is 0 Å². The Morgan fingerprint density at radius 1 is 0.857 bits per heavy atom. The third-order valence-electron chi connectivity index (χ3n) is 6.43. The molecule has 2 rings (SSSR count). The van der Waals surface area contributed by atoms with E-state index in [-0.39, 0.29) is 0 Å². The molecule has 0 aromatic rings. The first-order valence-corrected chi connectivity index (χ1v) is 6.42. The van der Waals surface area contributed by atoms with Gasteiger partial charge in [0.2, 0.25) is 0 Å². The molecule has 0 heteroatoms. The SMILES string of the molecule is CC1C(C)C(C)(C2CCCC2)C1(C)C. The minimum absolute atomic E-state index is 0.571. The normalized spacial score (nSPS) is 47.8. The summed E-state index contributed by atoms with van der Waals surface area (Å²) < 4.78 is 0. The molecule has 0 saturated heterocycles. The molecule has 0 heterocycles. The van der Waals surface area contributed by atoms with Crippen LogP contribution in [0.3, 0.4) is 0 Å². The van der Waals surface area contributed by atoms with Gasteiger partial charge >= 0.3 is 0 Å². The van der Waals surface area contributed by atoms with Crippen molar-refractivity contribution in [1.29, 1.82) is 0 Å². The van der Waals surface area contributed by atoms with E-state index in [0.717, 1.165) is 17.8 Å². The van der Waals surface area contributed by atoms with Gasteiger partial charge in [-0.2, -0.15) is 0 Å². The molecule has 0 amide bonds. The van der Waals surface area contributed by atoms with Crippen LogP contribution in [0.25, 0.3) is 0 Å². The number of hydrogen-bond donors (Lipinski definition) is 0. The maximum atomic E-state index is 2.56. The fraction of sp³-hybridized carbons (Fsp3) is 1.00. The minimum atomic E-state index is 0.571. The molecule has 2 fully saturated rings. The van der Waals surface area contributed by atoms with Crippen LogP contribution >= 0.6 is 0 Å². The fourth-order valence-corrected chi connectivity index (χ4v) is 4.55. The first kappa shape index (κ1) is 10.5. The molecule has 3 atom stereocenters. The van der Waals surface area contributed by atoms with Crippen molar-refractivity contribution in [2.75, 3.05) is 0 Å². The summed E-state index contributed by atoms with van der Waals surface area (Å²) in [5.41, 5.74) is 1.20. The maximum absolute atomic E-state index is 2.56. The van der Waals surface area contributed by atoms with E-state index in [1.165, 1.54) is 25.7 Å². The van der Waals surface area contributed by atoms with Crippen molar-refractivity contribution in [3.8, 4) is 0 Å². The molecule has 0 aliphatic heterocycles. The van der Waals surface area contributed by atoms with E-state index in [4.69, 9.17) is 0 Å². The van der Waals surface area contributed by atoms with Crippen molar-refractivity contribution < 1.29 is 0 Å². The van der Waals surface area contributed by atoms with Crippen LogP contribution in [-0.2, 0) is 0 Å². The molecule has 3 unspecified atom stereocenters. The topological polar surface area (TPSA) is 0 Å². The van der Waals surface area contributed by atoms with Gasteiger partial charge in [0.05, 0.1) is 0 Å². The Bertz CT molecular complexity index is 222. The lowest BCUT2D eigenvalue weighted by molar-refractivity contribution is -0.195. The Labute approximate surface area is 89.5 Å². The Hall–Kier alpha value is 0. The summed E-state index contributed by atoms with van der Waals surface area (Å²) in [4.78, 5) is 0. The zero-order valence-electron chi connectivity index (χ0n) is 10.6. The Balaban J connectivity index is 2.22. The van der Waals surface area contributed by atoms with E-state index in [0.29, 0.717) is 10.8 Å². The van der Waals surface area contributed by atoms with Gasteiger partial charge in [0.25, 0.3) is 0 Å². The summed E-state index contributed by atoms with van der Waals surface area (Å²) in [6, 6.07) is 0. The highest BCUT2D eigenvalue weighted by Crippen LogP contribution is 2.69. The lowest BCUT2D eigenvalue weighted by Gasteiger charge is -2.67. The average Bonchev–Trinajstić information content (AvgIpc) is 2.67. The number of hydrogen-bond acceptors (Lipinski definition) is 0. The summed E-state index contributed by atoms with van der Waals surface area (Å²) in [6.45, 7) is 12.5. The zero-order chi connectivity index (χ0) is 10.6. The van der Waals surface area contributed by atoms with Crippen molar-refractivity contribution >= 4 is 0 Å². The molecule has 82 valence electrons. The zero-order valence-corrected chi connectivity index (χ0v) is 10.6. The standard InChI is InChI=1S/C14H26/c1-10-11(2)14(5,13(10,3)4)12-8-6-7-9-12/h10-12H,6-9H2,1-5H3. The first-order valence-electron chi connectivity index (χ1n) is 6.42. The average molecular weight is 194 g/mol. The fourth-order valence-electron chi connectivity index (χ4n) is 4.55. The highest BCUT2D eigenvalue weighted by Gasteiger charge is 2.63. The number of rotatable bonds is 1. The van der Waals surface area contributed by atoms with E-state index in [2.05, 4.69) is 34.6 Å². The van der Waals surface area contributed by atoms with Gasteiger partial charge in [0.15, 0.2) is 0 Å². The van der Waals surface area contributed by atoms with Crippen LogP contribution in [-0.4, -0.2) is 0 Å². The molecule has 0 radical (unpaired) electrons. The van der Waals surface area contributed by atoms with E-state index in [1.54, 1.807) is 0 Å². The van der Waals surface area contributed by atoms with Crippen LogP contribution in [0.15, 0.2) is 0 Å². The van der Waals surface area contributed by atoms with Gasteiger partial charge in [0, 0.05) is 0 Å². The highest BCUT2D eigenvalue weighted by molar-refractivity contribution is 5.11. The molecular weight excluding hydrogens is 168 g/mol. The van der Waals surface area contributed by atoms with Gasteiger partial charge in [-0.15, -0.1) is 0 Å². The van der Waals surface area contributed by atoms with E-state index in [9.17, 15) is 0 Å². The molecule has 0 spiro atoms. The van der Waals surface area contributed by atoms with Crippen LogP contribution in [0.5, 0.6) is 0 Å². The lowest BCUT2D eigenvalue weighted by atomic mass is 9.37. The summed E-state index contributed by atoms with van der Waals surface area (Å²) in [7, 11) is 0. The van der Waals surface area contributed by atoms with Gasteiger partial charge in [-0.1, -0.05) is 47.5 Å². The van der Waals surface area contributed by atoms with Gasteiger partial charge in [-0.05, 0) is 41.4 Å². The van der Waals surface area contributed by atoms with Crippen molar-refractivity contribution in [3.63, 3.8) is 0 Å². The van der Waals surface area contributed by atoms with Crippen molar-refractivity contribution in [3.05, 3.63) is 0 Å². The second kappa shape index (κ2) is 3.00. The lowest BCUT2D eigenvalue weighted by Crippen LogP contribution is -2.62. The van der Waals surface area contributed by atoms with Crippen molar-refractivity contribution in [2.45, 2.75) is 60.3 Å². The molecule has 2 saturated carbocycles. The highest BCUT2D eigenvalue weighted by atomic mass is 14.7. The quantitative estimate of drug-likeness (QED) is 0.577. The predicted octanol–water partition coefficient (Wildman–Crippen LogP) is 4.49. The van der Waals surface area contributed by atoms with Crippen LogP contribution in [0.4, 0.5) is 0 Å². The third-order valence-corrected chi connectivity index (χ3v) is 6.43. The molecule has 0 N–H and O–H groups in total. The van der Waals surface area contributed by atoms with E-state index >= 15 is 0 Å². The molecule has 0 aromatic carbocycles. The van der Waals surface area contributed by atoms with E-state index in [1.807, 2.05) is 0 Å². The Morgan fingerprint density at radius 3 is 1.79 bits per heavy atom. The molecule has 0 bridgehead atoms.